The van der Waals surface area contributed by atoms with Crippen LogP contribution in [-0.4, -0.2) is 13.1 Å². The molecule has 0 aromatic rings. The van der Waals surface area contributed by atoms with Gasteiger partial charge in [0.15, 0.2) is 0 Å². The van der Waals surface area contributed by atoms with Crippen LogP contribution in [0, 0.1) is 0 Å². The molecule has 0 bridgehead atoms. The molecule has 0 atom stereocenters. The summed E-state index contributed by atoms with van der Waals surface area (Å²) in [7, 11) is 0. The zero-order chi connectivity index (χ0) is 6.62. The zero-order valence-corrected chi connectivity index (χ0v) is 8.85. The maximum absolute atomic E-state index is 2.52. The van der Waals surface area contributed by atoms with E-state index in [1.165, 1.54) is 15.8 Å². The van der Waals surface area contributed by atoms with Gasteiger partial charge in [0, 0.05) is 0 Å². The Morgan fingerprint density at radius 2 is 1.11 bits per heavy atom. The van der Waals surface area contributed by atoms with E-state index in [0.717, 1.165) is 0 Å². The van der Waals surface area contributed by atoms with Gasteiger partial charge in [-0.05, 0) is 0 Å². The summed E-state index contributed by atoms with van der Waals surface area (Å²) in [5, 5.41) is 4.46. The third-order valence-corrected chi connectivity index (χ3v) is 8.87. The normalized spacial score (nSPS) is 10.7. The minimum Gasteiger partial charge on any atom is -0.203 e. The smallest absolute Gasteiger partial charge is 0.203 e. The van der Waals surface area contributed by atoms with Crippen LogP contribution in [0.5, 0.6) is 0 Å². The molecule has 0 aromatic carbocycles. The summed E-state index contributed by atoms with van der Waals surface area (Å²) in [6, 6.07) is 0. The Morgan fingerprint density at radius 1 is 0.889 bits per heavy atom. The maximum atomic E-state index is 2.52. The van der Waals surface area contributed by atoms with Crippen molar-refractivity contribution in [2.24, 2.45) is 0 Å². The number of hydrogen-bond acceptors (Lipinski definition) is 0. The largest absolute Gasteiger partial charge is 1.00 e. The van der Waals surface area contributed by atoms with Gasteiger partial charge in [-0.3, -0.25) is 0 Å². The molecule has 0 fully saturated rings. The molecule has 0 radical (unpaired) electrons. The number of rotatable bonds is 3. The molecule has 9 heavy (non-hydrogen) atoms. The van der Waals surface area contributed by atoms with E-state index in [2.05, 4.69) is 26.6 Å². The molecular weight excluding hydrogens is 118 g/mol. The van der Waals surface area contributed by atoms with Gasteiger partial charge in [-0.1, -0.05) is 0 Å². The molecule has 0 aromatic heterocycles. The molecule has 0 amide bonds. The fraction of sp³-hybridized carbons (Fsp3) is 1.00. The van der Waals surface area contributed by atoms with Crippen LogP contribution in [0.3, 0.4) is 0 Å². The van der Waals surface area contributed by atoms with Gasteiger partial charge in [-0.15, -0.1) is 20.8 Å². The van der Waals surface area contributed by atoms with Crippen LogP contribution in [0.4, 0.5) is 0 Å². The molecule has 0 aliphatic rings. The molecule has 0 saturated carbocycles. The van der Waals surface area contributed by atoms with Crippen LogP contribution >= 0.6 is 0 Å². The van der Waals surface area contributed by atoms with Crippen LogP contribution in [0.25, 0.3) is 0 Å². The van der Waals surface area contributed by atoms with Crippen molar-refractivity contribution in [1.82, 2.24) is 0 Å². The molecule has 0 heterocycles. The second kappa shape index (κ2) is 5.88. The molecule has 0 aliphatic carbocycles. The Hall–Kier alpha value is 1.13. The van der Waals surface area contributed by atoms with Crippen LogP contribution in [-0.2, 0) is 0 Å². The summed E-state index contributed by atoms with van der Waals surface area (Å²) in [5.74, 6) is 2.52. The van der Waals surface area contributed by atoms with Crippen LogP contribution in [0.15, 0.2) is 0 Å². The van der Waals surface area contributed by atoms with Gasteiger partial charge in [-0.25, -0.2) is 5.79 Å². The SMILES string of the molecule is C[CH2][Al-]([CH3])([CH2]C)[CH2]C.[Li+]. The fourth-order valence-electron chi connectivity index (χ4n) is 0.866. The van der Waals surface area contributed by atoms with Gasteiger partial charge in [0.25, 0.3) is 0 Å². The molecule has 0 aliphatic heterocycles. The molecule has 0 saturated heterocycles. The summed E-state index contributed by atoms with van der Waals surface area (Å²) < 4.78 is 0. The molecule has 0 rings (SSSR count). The van der Waals surface area contributed by atoms with E-state index in [4.69, 9.17) is 0 Å². The predicted molar refractivity (Wildman–Crippen MR) is 43.1 cm³/mol. The van der Waals surface area contributed by atoms with E-state index in [9.17, 15) is 0 Å². The molecular formula is C7H18AlLi. The second-order valence-electron chi connectivity index (χ2n) is 3.32. The van der Waals surface area contributed by atoms with Gasteiger partial charge < -0.3 is 0 Å². The summed E-state index contributed by atoms with van der Waals surface area (Å²) in [6.07, 6.45) is 0. The minimum atomic E-state index is -0.931. The molecule has 0 nitrogen and oxygen atoms in total. The summed E-state index contributed by atoms with van der Waals surface area (Å²) in [5.41, 5.74) is 0. The second-order valence-corrected chi connectivity index (χ2v) is 9.95. The topological polar surface area (TPSA) is 0 Å². The quantitative estimate of drug-likeness (QED) is 0.484. The van der Waals surface area contributed by atoms with Gasteiger partial charge >= 0.3 is 18.9 Å². The summed E-state index contributed by atoms with van der Waals surface area (Å²) in [4.78, 5) is 0. The average Bonchev–Trinajstić information content (AvgIpc) is 1.87. The summed E-state index contributed by atoms with van der Waals surface area (Å²) in [6.45, 7) is 7.03. The van der Waals surface area contributed by atoms with E-state index in [-0.39, 0.29) is 18.9 Å². The van der Waals surface area contributed by atoms with Crippen molar-refractivity contribution in [2.75, 3.05) is 0 Å². The Labute approximate surface area is 74.3 Å². The van der Waals surface area contributed by atoms with Gasteiger partial charge in [-0.2, -0.15) is 15.8 Å². The van der Waals surface area contributed by atoms with Crippen molar-refractivity contribution in [1.29, 1.82) is 0 Å². The monoisotopic (exact) mass is 136 g/mol. The van der Waals surface area contributed by atoms with Crippen molar-refractivity contribution in [2.45, 2.75) is 42.4 Å². The fourth-order valence-corrected chi connectivity index (χ4v) is 2.60. The molecule has 0 spiro atoms. The first-order chi connectivity index (χ1) is 3.68. The third-order valence-electron chi connectivity index (χ3n) is 2.96. The summed E-state index contributed by atoms with van der Waals surface area (Å²) >= 11 is -0.931. The van der Waals surface area contributed by atoms with Gasteiger partial charge in [0.1, 0.15) is 13.1 Å². The van der Waals surface area contributed by atoms with Crippen LogP contribution in [0.1, 0.15) is 20.8 Å². The standard InChI is InChI=1S/3C2H5.CH3.Al.Li/c3*1-2;;;/h3*1H2,2H3;1H3;;/q;;;;-1;+1. The first kappa shape index (κ1) is 12.8. The van der Waals surface area contributed by atoms with Gasteiger partial charge in [0.2, 0.25) is 0 Å². The first-order valence-electron chi connectivity index (χ1n) is 3.92. The minimum absolute atomic E-state index is 0. The van der Waals surface area contributed by atoms with E-state index in [1.807, 2.05) is 0 Å². The van der Waals surface area contributed by atoms with E-state index >= 15 is 0 Å². The Kier molecular flexibility index (Phi) is 8.35. The average molecular weight is 136 g/mol. The van der Waals surface area contributed by atoms with Crippen molar-refractivity contribution in [3.8, 4) is 0 Å². The Bertz CT molecular complexity index is 51.7. The van der Waals surface area contributed by atoms with Crippen molar-refractivity contribution in [3.05, 3.63) is 0 Å². The first-order valence-corrected chi connectivity index (χ1v) is 7.53. The van der Waals surface area contributed by atoms with Crippen LogP contribution in [0.2, 0.25) is 21.6 Å². The van der Waals surface area contributed by atoms with Crippen molar-refractivity contribution >= 4 is 13.1 Å². The van der Waals surface area contributed by atoms with Crippen LogP contribution < -0.4 is 18.9 Å². The molecule has 2 heteroatoms. The van der Waals surface area contributed by atoms with Gasteiger partial charge in [0.05, 0.1) is 0 Å². The van der Waals surface area contributed by atoms with E-state index in [0.29, 0.717) is 0 Å². The molecule has 0 unspecified atom stereocenters. The number of hydrogen-bond donors (Lipinski definition) is 0. The predicted octanol–water partition coefficient (Wildman–Crippen LogP) is 0.129. The Morgan fingerprint density at radius 3 is 1.11 bits per heavy atom. The van der Waals surface area contributed by atoms with E-state index in [1.54, 1.807) is 0 Å². The third kappa shape index (κ3) is 4.52. The van der Waals surface area contributed by atoms with E-state index < -0.39 is 13.1 Å². The molecule has 50 valence electrons. The van der Waals surface area contributed by atoms with Crippen molar-refractivity contribution < 1.29 is 18.9 Å². The molecule has 0 N–H and O–H groups in total. The maximum Gasteiger partial charge on any atom is 1.00 e. The van der Waals surface area contributed by atoms with Crippen molar-refractivity contribution in [3.63, 3.8) is 0 Å². The Balaban J connectivity index is 0. The zero-order valence-electron chi connectivity index (χ0n) is 7.70.